The molecule has 1 aromatic rings. The number of para-hydroxylation sites is 1. The van der Waals surface area contributed by atoms with E-state index in [1.807, 2.05) is 12.1 Å². The summed E-state index contributed by atoms with van der Waals surface area (Å²) in [6.45, 7) is 7.05. The highest BCUT2D eigenvalue weighted by atomic mass is 16.5. The van der Waals surface area contributed by atoms with Crippen LogP contribution in [0.25, 0.3) is 0 Å². The van der Waals surface area contributed by atoms with Crippen molar-refractivity contribution in [2.24, 2.45) is 17.1 Å². The van der Waals surface area contributed by atoms with Crippen LogP contribution in [-0.2, 0) is 5.54 Å². The van der Waals surface area contributed by atoms with E-state index in [9.17, 15) is 0 Å². The lowest BCUT2D eigenvalue weighted by atomic mass is 9.75. The lowest BCUT2D eigenvalue weighted by molar-refractivity contribution is 0.210. The van der Waals surface area contributed by atoms with Gasteiger partial charge in [0.1, 0.15) is 5.75 Å². The monoisotopic (exact) mass is 275 g/mol. The van der Waals surface area contributed by atoms with Gasteiger partial charge < -0.3 is 10.5 Å². The van der Waals surface area contributed by atoms with Crippen LogP contribution < -0.4 is 10.5 Å². The predicted octanol–water partition coefficient (Wildman–Crippen LogP) is 4.48. The Hall–Kier alpha value is -1.02. The molecule has 1 aromatic carbocycles. The molecule has 1 aliphatic carbocycles. The molecule has 2 rings (SSSR count). The van der Waals surface area contributed by atoms with E-state index < -0.39 is 0 Å². The second-order valence-electron chi connectivity index (χ2n) is 7.35. The zero-order valence-electron chi connectivity index (χ0n) is 13.4. The van der Waals surface area contributed by atoms with E-state index in [0.29, 0.717) is 5.41 Å². The van der Waals surface area contributed by atoms with Gasteiger partial charge >= 0.3 is 0 Å². The third-order valence-corrected chi connectivity index (χ3v) is 4.98. The highest BCUT2D eigenvalue weighted by Crippen LogP contribution is 2.44. The van der Waals surface area contributed by atoms with Crippen molar-refractivity contribution in [1.82, 2.24) is 0 Å². The maximum atomic E-state index is 6.78. The topological polar surface area (TPSA) is 35.2 Å². The molecule has 0 bridgehead atoms. The fourth-order valence-corrected chi connectivity index (χ4v) is 3.56. The molecule has 20 heavy (non-hydrogen) atoms. The first-order valence-electron chi connectivity index (χ1n) is 7.79. The number of methoxy groups -OCH3 is 1. The lowest BCUT2D eigenvalue weighted by Crippen LogP contribution is -2.36. The second-order valence-corrected chi connectivity index (χ2v) is 7.35. The molecule has 2 atom stereocenters. The van der Waals surface area contributed by atoms with Gasteiger partial charge in [-0.25, -0.2) is 0 Å². The molecule has 2 N–H and O–H groups in total. The van der Waals surface area contributed by atoms with Crippen LogP contribution in [0.5, 0.6) is 5.75 Å². The molecule has 112 valence electrons. The second kappa shape index (κ2) is 5.77. The Morgan fingerprint density at radius 1 is 1.15 bits per heavy atom. The maximum Gasteiger partial charge on any atom is 0.123 e. The van der Waals surface area contributed by atoms with Gasteiger partial charge in [0.2, 0.25) is 0 Å². The molecule has 0 saturated heterocycles. The summed E-state index contributed by atoms with van der Waals surface area (Å²) in [5.74, 6) is 1.70. The summed E-state index contributed by atoms with van der Waals surface area (Å²) in [4.78, 5) is 0. The standard InChI is InChI=1S/C18H29NO/c1-17(2,3)14-8-7-12-18(19,13-11-14)15-9-5-6-10-16(15)20-4/h5-6,9-10,14H,7-8,11-13,19H2,1-4H3. The molecule has 2 unspecified atom stereocenters. The Morgan fingerprint density at radius 2 is 1.85 bits per heavy atom. The minimum Gasteiger partial charge on any atom is -0.496 e. The maximum absolute atomic E-state index is 6.78. The minimum atomic E-state index is -0.230. The van der Waals surface area contributed by atoms with Crippen molar-refractivity contribution in [2.75, 3.05) is 7.11 Å². The summed E-state index contributed by atoms with van der Waals surface area (Å²) in [6, 6.07) is 8.24. The fraction of sp³-hybridized carbons (Fsp3) is 0.667. The Morgan fingerprint density at radius 3 is 2.50 bits per heavy atom. The fourth-order valence-electron chi connectivity index (χ4n) is 3.56. The normalized spacial score (nSPS) is 27.9. The van der Waals surface area contributed by atoms with Crippen molar-refractivity contribution in [3.63, 3.8) is 0 Å². The summed E-state index contributed by atoms with van der Waals surface area (Å²) in [5.41, 5.74) is 8.11. The SMILES string of the molecule is COc1ccccc1C1(N)CCCC(C(C)(C)C)CC1. The van der Waals surface area contributed by atoms with Gasteiger partial charge in [0.15, 0.2) is 0 Å². The third kappa shape index (κ3) is 3.17. The quantitative estimate of drug-likeness (QED) is 0.808. The molecule has 0 spiro atoms. The largest absolute Gasteiger partial charge is 0.496 e. The van der Waals surface area contributed by atoms with Gasteiger partial charge in [-0.05, 0) is 43.1 Å². The molecule has 1 saturated carbocycles. The van der Waals surface area contributed by atoms with Crippen LogP contribution in [0.15, 0.2) is 24.3 Å². The van der Waals surface area contributed by atoms with Crippen molar-refractivity contribution in [2.45, 2.75) is 58.4 Å². The molecule has 0 aromatic heterocycles. The Kier molecular flexibility index (Phi) is 4.43. The molecule has 1 fully saturated rings. The van der Waals surface area contributed by atoms with Gasteiger partial charge in [0.05, 0.1) is 7.11 Å². The molecular weight excluding hydrogens is 246 g/mol. The first kappa shape index (κ1) is 15.4. The number of rotatable bonds is 2. The van der Waals surface area contributed by atoms with Crippen LogP contribution in [0.1, 0.15) is 58.4 Å². The van der Waals surface area contributed by atoms with Gasteiger partial charge in [0, 0.05) is 11.1 Å². The first-order valence-corrected chi connectivity index (χ1v) is 7.79. The van der Waals surface area contributed by atoms with E-state index in [4.69, 9.17) is 10.5 Å². The Balaban J connectivity index is 2.23. The van der Waals surface area contributed by atoms with Crippen LogP contribution in [0.4, 0.5) is 0 Å². The van der Waals surface area contributed by atoms with E-state index in [1.165, 1.54) is 24.8 Å². The highest BCUT2D eigenvalue weighted by Gasteiger charge is 2.36. The summed E-state index contributed by atoms with van der Waals surface area (Å²) in [5, 5.41) is 0. The molecule has 0 amide bonds. The average molecular weight is 275 g/mol. The number of nitrogens with two attached hydrogens (primary N) is 1. The summed E-state index contributed by atoms with van der Waals surface area (Å²) >= 11 is 0. The van der Waals surface area contributed by atoms with Crippen LogP contribution in [0.3, 0.4) is 0 Å². The van der Waals surface area contributed by atoms with E-state index >= 15 is 0 Å². The number of benzene rings is 1. The van der Waals surface area contributed by atoms with Crippen molar-refractivity contribution in [1.29, 1.82) is 0 Å². The summed E-state index contributed by atoms with van der Waals surface area (Å²) < 4.78 is 5.52. The number of ether oxygens (including phenoxy) is 1. The zero-order valence-corrected chi connectivity index (χ0v) is 13.4. The van der Waals surface area contributed by atoms with Crippen molar-refractivity contribution in [3.8, 4) is 5.75 Å². The molecule has 1 aliphatic rings. The number of hydrogen-bond acceptors (Lipinski definition) is 2. The Bertz CT molecular complexity index is 449. The zero-order chi connectivity index (χ0) is 14.8. The lowest BCUT2D eigenvalue weighted by Gasteiger charge is -2.32. The van der Waals surface area contributed by atoms with Crippen molar-refractivity contribution in [3.05, 3.63) is 29.8 Å². The highest BCUT2D eigenvalue weighted by molar-refractivity contribution is 5.39. The third-order valence-electron chi connectivity index (χ3n) is 4.98. The van der Waals surface area contributed by atoms with Gasteiger partial charge in [-0.3, -0.25) is 0 Å². The van der Waals surface area contributed by atoms with Crippen LogP contribution in [0, 0.1) is 11.3 Å². The molecule has 0 aliphatic heterocycles. The molecule has 2 heteroatoms. The Labute approximate surface area is 123 Å². The molecule has 2 nitrogen and oxygen atoms in total. The van der Waals surface area contributed by atoms with Gasteiger partial charge in [-0.2, -0.15) is 0 Å². The van der Waals surface area contributed by atoms with Crippen LogP contribution in [-0.4, -0.2) is 7.11 Å². The van der Waals surface area contributed by atoms with Crippen LogP contribution >= 0.6 is 0 Å². The van der Waals surface area contributed by atoms with Crippen molar-refractivity contribution < 1.29 is 4.74 Å². The molecule has 0 radical (unpaired) electrons. The number of hydrogen-bond donors (Lipinski definition) is 1. The van der Waals surface area contributed by atoms with Crippen LogP contribution in [0.2, 0.25) is 0 Å². The van der Waals surface area contributed by atoms with Gasteiger partial charge in [-0.1, -0.05) is 45.4 Å². The average Bonchev–Trinajstić information content (AvgIpc) is 2.61. The van der Waals surface area contributed by atoms with E-state index in [-0.39, 0.29) is 5.54 Å². The van der Waals surface area contributed by atoms with E-state index in [2.05, 4.69) is 32.9 Å². The minimum absolute atomic E-state index is 0.230. The van der Waals surface area contributed by atoms with E-state index in [0.717, 1.165) is 24.5 Å². The smallest absolute Gasteiger partial charge is 0.123 e. The van der Waals surface area contributed by atoms with E-state index in [1.54, 1.807) is 7.11 Å². The van der Waals surface area contributed by atoms with Gasteiger partial charge in [-0.15, -0.1) is 0 Å². The summed E-state index contributed by atoms with van der Waals surface area (Å²) in [6.07, 6.45) is 5.81. The predicted molar refractivity (Wildman–Crippen MR) is 84.9 cm³/mol. The molecular formula is C18H29NO. The molecule has 0 heterocycles. The van der Waals surface area contributed by atoms with Gasteiger partial charge in [0.25, 0.3) is 0 Å². The summed E-state index contributed by atoms with van der Waals surface area (Å²) in [7, 11) is 1.73. The first-order chi connectivity index (χ1) is 9.37. The van der Waals surface area contributed by atoms with Crippen molar-refractivity contribution >= 4 is 0 Å².